The minimum Gasteiger partial charge on any atom is -0.439 e. The number of aromatic nitrogens is 2. The van der Waals surface area contributed by atoms with Crippen LogP contribution in [0.1, 0.15) is 47.6 Å². The van der Waals surface area contributed by atoms with Crippen molar-refractivity contribution in [2.24, 2.45) is 4.99 Å². The third-order valence-electron chi connectivity index (χ3n) is 5.22. The minimum absolute atomic E-state index is 0.565. The fraction of sp³-hybridized carbons (Fsp3) is 0.375. The molecule has 2 N–H and O–H groups in total. The van der Waals surface area contributed by atoms with Gasteiger partial charge in [0.05, 0.1) is 5.69 Å². The van der Waals surface area contributed by atoms with E-state index in [1.165, 1.54) is 11.1 Å². The van der Waals surface area contributed by atoms with Crippen molar-refractivity contribution in [1.82, 2.24) is 20.8 Å². The number of guanidine groups is 1. The predicted octanol–water partition coefficient (Wildman–Crippen LogP) is 4.47. The van der Waals surface area contributed by atoms with E-state index in [-0.39, 0.29) is 0 Å². The fourth-order valence-corrected chi connectivity index (χ4v) is 3.23. The Balaban J connectivity index is 1.59. The molecule has 0 fully saturated rings. The number of nitrogens with zero attached hydrogens (tertiary/aromatic N) is 3. The molecule has 3 aromatic rings. The van der Waals surface area contributed by atoms with Crippen molar-refractivity contribution in [3.63, 3.8) is 0 Å². The Hall–Kier alpha value is -3.35. The molecule has 0 aliphatic rings. The number of hydrogen-bond donors (Lipinski definition) is 2. The zero-order valence-corrected chi connectivity index (χ0v) is 19.0. The SMILES string of the molecule is CCc1noc(CC)c1CNC(=NC)NCc1ccnc(Oc2ccc(C)c(C)c2)c1. The Morgan fingerprint density at radius 2 is 1.84 bits per heavy atom. The van der Waals surface area contributed by atoms with E-state index in [1.807, 2.05) is 24.3 Å². The summed E-state index contributed by atoms with van der Waals surface area (Å²) in [7, 11) is 1.76. The first-order valence-corrected chi connectivity index (χ1v) is 10.6. The van der Waals surface area contributed by atoms with Crippen molar-refractivity contribution in [1.29, 1.82) is 0 Å². The van der Waals surface area contributed by atoms with Crippen LogP contribution < -0.4 is 15.4 Å². The van der Waals surface area contributed by atoms with Crippen molar-refractivity contribution >= 4 is 5.96 Å². The summed E-state index contributed by atoms with van der Waals surface area (Å²) in [5.41, 5.74) is 5.57. The maximum atomic E-state index is 5.93. The van der Waals surface area contributed by atoms with Gasteiger partial charge in [0.15, 0.2) is 5.96 Å². The zero-order chi connectivity index (χ0) is 22.2. The number of ether oxygens (including phenoxy) is 1. The highest BCUT2D eigenvalue weighted by molar-refractivity contribution is 5.79. The quantitative estimate of drug-likeness (QED) is 0.412. The molecule has 0 saturated heterocycles. The summed E-state index contributed by atoms with van der Waals surface area (Å²) >= 11 is 0. The smallest absolute Gasteiger partial charge is 0.219 e. The number of rotatable bonds is 8. The number of aryl methyl sites for hydroxylation is 4. The lowest BCUT2D eigenvalue weighted by molar-refractivity contribution is 0.380. The second kappa shape index (κ2) is 10.6. The Morgan fingerprint density at radius 3 is 2.55 bits per heavy atom. The zero-order valence-electron chi connectivity index (χ0n) is 19.0. The van der Waals surface area contributed by atoms with Crippen LogP contribution in [-0.4, -0.2) is 23.1 Å². The van der Waals surface area contributed by atoms with Gasteiger partial charge in [-0.1, -0.05) is 25.1 Å². The molecule has 1 aromatic carbocycles. The van der Waals surface area contributed by atoms with Crippen LogP contribution in [0.25, 0.3) is 0 Å². The molecular weight excluding hydrogens is 390 g/mol. The largest absolute Gasteiger partial charge is 0.439 e. The average molecular weight is 422 g/mol. The lowest BCUT2D eigenvalue weighted by Crippen LogP contribution is -2.36. The van der Waals surface area contributed by atoms with E-state index in [0.717, 1.165) is 41.2 Å². The highest BCUT2D eigenvalue weighted by Crippen LogP contribution is 2.22. The van der Waals surface area contributed by atoms with Crippen molar-refractivity contribution in [2.45, 2.75) is 53.6 Å². The third-order valence-corrected chi connectivity index (χ3v) is 5.22. The maximum Gasteiger partial charge on any atom is 0.219 e. The molecule has 0 aliphatic carbocycles. The normalized spacial score (nSPS) is 11.5. The minimum atomic E-state index is 0.565. The van der Waals surface area contributed by atoms with Crippen molar-refractivity contribution in [3.8, 4) is 11.6 Å². The molecule has 31 heavy (non-hydrogen) atoms. The molecule has 0 aliphatic heterocycles. The van der Waals surface area contributed by atoms with Crippen molar-refractivity contribution in [3.05, 3.63) is 70.2 Å². The van der Waals surface area contributed by atoms with Gasteiger partial charge in [-0.2, -0.15) is 0 Å². The highest BCUT2D eigenvalue weighted by atomic mass is 16.5. The molecule has 0 bridgehead atoms. The van der Waals surface area contributed by atoms with Gasteiger partial charge in [0.1, 0.15) is 11.5 Å². The molecule has 0 amide bonds. The summed E-state index contributed by atoms with van der Waals surface area (Å²) in [5, 5.41) is 10.8. The molecule has 0 spiro atoms. The maximum absolute atomic E-state index is 5.93. The second-order valence-corrected chi connectivity index (χ2v) is 7.37. The molecule has 7 heteroatoms. The standard InChI is InChI=1S/C24H31N5O2/c1-6-21-20(22(7-2)31-29-21)15-28-24(25-5)27-14-18-10-11-26-23(13-18)30-19-9-8-16(3)17(4)12-19/h8-13H,6-7,14-15H2,1-5H3,(H2,25,27,28). The lowest BCUT2D eigenvalue weighted by atomic mass is 10.1. The van der Waals surface area contributed by atoms with E-state index in [2.05, 4.69) is 59.5 Å². The summed E-state index contributed by atoms with van der Waals surface area (Å²) in [6, 6.07) is 9.92. The van der Waals surface area contributed by atoms with Crippen LogP contribution in [0.3, 0.4) is 0 Å². The molecule has 0 saturated carbocycles. The van der Waals surface area contributed by atoms with Crippen LogP contribution in [0.2, 0.25) is 0 Å². The monoisotopic (exact) mass is 421 g/mol. The summed E-state index contributed by atoms with van der Waals surface area (Å²) in [5.74, 6) is 2.97. The fourth-order valence-electron chi connectivity index (χ4n) is 3.23. The third kappa shape index (κ3) is 5.84. The van der Waals surface area contributed by atoms with Gasteiger partial charge in [-0.3, -0.25) is 4.99 Å². The number of benzene rings is 1. The summed E-state index contributed by atoms with van der Waals surface area (Å²) in [4.78, 5) is 8.65. The predicted molar refractivity (Wildman–Crippen MR) is 123 cm³/mol. The topological polar surface area (TPSA) is 84.6 Å². The molecule has 7 nitrogen and oxygen atoms in total. The van der Waals surface area contributed by atoms with Crippen LogP contribution in [0.15, 0.2) is 46.0 Å². The van der Waals surface area contributed by atoms with Gasteiger partial charge in [0.2, 0.25) is 5.88 Å². The van der Waals surface area contributed by atoms with Gasteiger partial charge in [-0.25, -0.2) is 4.98 Å². The number of aliphatic imine (C=N–C) groups is 1. The first-order chi connectivity index (χ1) is 15.0. The molecule has 2 aromatic heterocycles. The van der Waals surface area contributed by atoms with Gasteiger partial charge in [-0.05, 0) is 55.2 Å². The van der Waals surface area contributed by atoms with E-state index in [0.29, 0.717) is 24.9 Å². The Morgan fingerprint density at radius 1 is 1.03 bits per heavy atom. The second-order valence-electron chi connectivity index (χ2n) is 7.37. The van der Waals surface area contributed by atoms with Gasteiger partial charge in [-0.15, -0.1) is 0 Å². The van der Waals surface area contributed by atoms with E-state index < -0.39 is 0 Å². The average Bonchev–Trinajstić information content (AvgIpc) is 3.18. The summed E-state index contributed by atoms with van der Waals surface area (Å²) in [6.45, 7) is 9.51. The van der Waals surface area contributed by atoms with E-state index in [4.69, 9.17) is 9.26 Å². The van der Waals surface area contributed by atoms with E-state index in [1.54, 1.807) is 13.2 Å². The molecule has 0 unspecified atom stereocenters. The number of pyridine rings is 1. The molecule has 0 atom stereocenters. The number of hydrogen-bond acceptors (Lipinski definition) is 5. The Bertz CT molecular complexity index is 1020. The summed E-state index contributed by atoms with van der Waals surface area (Å²) in [6.07, 6.45) is 3.41. The van der Waals surface area contributed by atoms with E-state index in [9.17, 15) is 0 Å². The highest BCUT2D eigenvalue weighted by Gasteiger charge is 2.13. The van der Waals surface area contributed by atoms with Gasteiger partial charge >= 0.3 is 0 Å². The van der Waals surface area contributed by atoms with Gasteiger partial charge < -0.3 is 19.9 Å². The van der Waals surface area contributed by atoms with Crippen LogP contribution in [-0.2, 0) is 25.9 Å². The van der Waals surface area contributed by atoms with E-state index >= 15 is 0 Å². The molecule has 2 heterocycles. The molecular formula is C24H31N5O2. The van der Waals surface area contributed by atoms with Crippen LogP contribution in [0, 0.1) is 13.8 Å². The summed E-state index contributed by atoms with van der Waals surface area (Å²) < 4.78 is 11.4. The lowest BCUT2D eigenvalue weighted by Gasteiger charge is -2.13. The molecule has 3 rings (SSSR count). The number of nitrogens with one attached hydrogen (secondary N) is 2. The molecule has 0 radical (unpaired) electrons. The first kappa shape index (κ1) is 22.3. The Kier molecular flexibility index (Phi) is 7.65. The van der Waals surface area contributed by atoms with Crippen molar-refractivity contribution < 1.29 is 9.26 Å². The Labute approximate surface area is 183 Å². The van der Waals surface area contributed by atoms with Crippen molar-refractivity contribution in [2.75, 3.05) is 7.05 Å². The van der Waals surface area contributed by atoms with Crippen LogP contribution >= 0.6 is 0 Å². The molecule has 164 valence electrons. The van der Waals surface area contributed by atoms with Crippen LogP contribution in [0.5, 0.6) is 11.6 Å². The van der Waals surface area contributed by atoms with Crippen LogP contribution in [0.4, 0.5) is 0 Å². The first-order valence-electron chi connectivity index (χ1n) is 10.6. The van der Waals surface area contributed by atoms with Gasteiger partial charge in [0, 0.05) is 44.4 Å². The van der Waals surface area contributed by atoms with Gasteiger partial charge in [0.25, 0.3) is 0 Å².